The lowest BCUT2D eigenvalue weighted by atomic mass is 10.1. The molecule has 6 nitrogen and oxygen atoms in total. The molecular formula is C30H35F3N4O2. The first-order valence-corrected chi connectivity index (χ1v) is 13.0. The number of ketones is 1. The average molecular weight is 541 g/mol. The van der Waals surface area contributed by atoms with E-state index in [-0.39, 0.29) is 22.8 Å². The minimum Gasteiger partial charge on any atom is -0.507 e. The van der Waals surface area contributed by atoms with Gasteiger partial charge < -0.3 is 15.0 Å². The highest BCUT2D eigenvalue weighted by molar-refractivity contribution is 5.95. The third-order valence-electron chi connectivity index (χ3n) is 6.39. The largest absolute Gasteiger partial charge is 0.507 e. The van der Waals surface area contributed by atoms with Gasteiger partial charge in [-0.25, -0.2) is 9.97 Å². The second kappa shape index (κ2) is 13.4. The number of aromatic hydroxyl groups is 1. The molecule has 1 saturated heterocycles. The molecule has 9 heteroatoms. The molecule has 0 spiro atoms. The summed E-state index contributed by atoms with van der Waals surface area (Å²) in [6, 6.07) is 15.5. The van der Waals surface area contributed by atoms with Crippen LogP contribution in [0.2, 0.25) is 0 Å². The summed E-state index contributed by atoms with van der Waals surface area (Å²) in [5.41, 5.74) is 3.23. The first-order valence-electron chi connectivity index (χ1n) is 13.0. The molecule has 1 fully saturated rings. The van der Waals surface area contributed by atoms with Gasteiger partial charge >= 0.3 is 6.18 Å². The number of rotatable bonds is 2. The van der Waals surface area contributed by atoms with Crippen LogP contribution in [-0.2, 0) is 13.2 Å². The van der Waals surface area contributed by atoms with E-state index in [1.54, 1.807) is 6.07 Å². The van der Waals surface area contributed by atoms with E-state index in [2.05, 4.69) is 15.3 Å². The van der Waals surface area contributed by atoms with Gasteiger partial charge in [0.15, 0.2) is 5.78 Å². The molecule has 39 heavy (non-hydrogen) atoms. The first-order chi connectivity index (χ1) is 18.5. The SMILES string of the molecule is C1CCCNCC1.CC(=O)c1ccc(C(F)(F)F)nc1C.Cc1ccc(O)c(-c2nc3ccccc3n2C)c1. The number of benzene rings is 2. The number of phenols is 1. The van der Waals surface area contributed by atoms with E-state index < -0.39 is 11.9 Å². The standard InChI is InChI=1S/C15H14N2O.C9H8F3NO.C6H13N/c1-10-7-8-14(18)11(9-10)15-16-12-5-3-4-6-13(12)17(15)2;1-5-7(6(2)14)3-4-8(13-5)9(10,11)12;1-2-4-6-7-5-3-1/h3-9,18H,1-2H3;3-4H,1-2H3;7H,1-6H2. The quantitative estimate of drug-likeness (QED) is 0.267. The van der Waals surface area contributed by atoms with Crippen LogP contribution >= 0.6 is 0 Å². The highest BCUT2D eigenvalue weighted by Crippen LogP contribution is 2.31. The monoisotopic (exact) mass is 540 g/mol. The summed E-state index contributed by atoms with van der Waals surface area (Å²) in [7, 11) is 1.96. The van der Waals surface area contributed by atoms with Crippen LogP contribution in [0.15, 0.2) is 54.6 Å². The number of aromatic nitrogens is 3. The van der Waals surface area contributed by atoms with Crippen molar-refractivity contribution in [2.45, 2.75) is 52.6 Å². The predicted molar refractivity (Wildman–Crippen MR) is 148 cm³/mol. The number of carbonyl (C=O) groups excluding carboxylic acids is 1. The number of para-hydroxylation sites is 2. The lowest BCUT2D eigenvalue weighted by Gasteiger charge is -2.07. The van der Waals surface area contributed by atoms with Crippen molar-refractivity contribution in [3.63, 3.8) is 0 Å². The average Bonchev–Trinajstić information content (AvgIpc) is 3.05. The Kier molecular flexibility index (Phi) is 10.2. The normalized spacial score (nSPS) is 13.5. The molecule has 2 N–H and O–H groups in total. The summed E-state index contributed by atoms with van der Waals surface area (Å²) in [5, 5.41) is 13.3. The number of imidazole rings is 1. The van der Waals surface area contributed by atoms with Crippen LogP contribution in [-0.4, -0.2) is 38.5 Å². The van der Waals surface area contributed by atoms with Crippen LogP contribution < -0.4 is 5.32 Å². The molecule has 5 rings (SSSR count). The fourth-order valence-corrected chi connectivity index (χ4v) is 4.28. The Morgan fingerprint density at radius 1 is 0.949 bits per heavy atom. The van der Waals surface area contributed by atoms with Crippen molar-refractivity contribution in [3.05, 3.63) is 77.1 Å². The van der Waals surface area contributed by atoms with Gasteiger partial charge in [-0.15, -0.1) is 0 Å². The van der Waals surface area contributed by atoms with Crippen LogP contribution in [0.1, 0.15) is 59.9 Å². The minimum absolute atomic E-state index is 0.104. The number of hydrogen-bond acceptors (Lipinski definition) is 5. The van der Waals surface area contributed by atoms with Crippen molar-refractivity contribution in [1.82, 2.24) is 19.9 Å². The number of alkyl halides is 3. The minimum atomic E-state index is -4.46. The third kappa shape index (κ3) is 8.13. The number of aryl methyl sites for hydroxylation is 3. The number of hydrogen-bond donors (Lipinski definition) is 2. The molecule has 2 aromatic carbocycles. The summed E-state index contributed by atoms with van der Waals surface area (Å²) in [4.78, 5) is 18.8. The number of Topliss-reactive ketones (excluding diaryl/α,β-unsaturated/α-hetero) is 1. The van der Waals surface area contributed by atoms with E-state index in [1.165, 1.54) is 52.6 Å². The molecule has 0 bridgehead atoms. The zero-order valence-electron chi connectivity index (χ0n) is 22.8. The molecule has 1 aliphatic rings. The van der Waals surface area contributed by atoms with Crippen LogP contribution in [0.5, 0.6) is 5.75 Å². The number of carbonyl (C=O) groups is 1. The lowest BCUT2D eigenvalue weighted by Crippen LogP contribution is -2.12. The number of phenolic OH excluding ortho intramolecular Hbond substituents is 1. The van der Waals surface area contributed by atoms with Crippen molar-refractivity contribution >= 4 is 16.8 Å². The number of nitrogens with zero attached hydrogens (tertiary/aromatic N) is 3. The summed E-state index contributed by atoms with van der Waals surface area (Å²) in [5.74, 6) is 0.764. The van der Waals surface area contributed by atoms with Gasteiger partial charge in [-0.3, -0.25) is 4.79 Å². The smallest absolute Gasteiger partial charge is 0.433 e. The van der Waals surface area contributed by atoms with E-state index in [9.17, 15) is 23.1 Å². The number of halogens is 3. The third-order valence-corrected chi connectivity index (χ3v) is 6.39. The zero-order valence-corrected chi connectivity index (χ0v) is 22.8. The summed E-state index contributed by atoms with van der Waals surface area (Å²) >= 11 is 0. The van der Waals surface area contributed by atoms with Crippen LogP contribution in [0.25, 0.3) is 22.4 Å². The van der Waals surface area contributed by atoms with Crippen molar-refractivity contribution in [2.75, 3.05) is 13.1 Å². The Labute approximate surface area is 226 Å². The van der Waals surface area contributed by atoms with Gasteiger partial charge in [-0.1, -0.05) is 36.6 Å². The topological polar surface area (TPSA) is 80.0 Å². The number of fused-ring (bicyclic) bond motifs is 1. The van der Waals surface area contributed by atoms with Crippen molar-refractivity contribution in [1.29, 1.82) is 0 Å². The van der Waals surface area contributed by atoms with Gasteiger partial charge in [0, 0.05) is 18.3 Å². The Morgan fingerprint density at radius 2 is 1.62 bits per heavy atom. The molecule has 0 amide bonds. The second-order valence-corrected chi connectivity index (χ2v) is 9.55. The summed E-state index contributed by atoms with van der Waals surface area (Å²) < 4.78 is 38.5. The molecule has 0 saturated carbocycles. The maximum atomic E-state index is 12.2. The molecule has 0 aliphatic carbocycles. The Bertz CT molecular complexity index is 1390. The Morgan fingerprint density at radius 3 is 2.21 bits per heavy atom. The molecule has 3 heterocycles. The number of nitrogens with one attached hydrogen (secondary N) is 1. The highest BCUT2D eigenvalue weighted by Gasteiger charge is 2.32. The van der Waals surface area contributed by atoms with E-state index in [0.717, 1.165) is 40.1 Å². The van der Waals surface area contributed by atoms with E-state index >= 15 is 0 Å². The van der Waals surface area contributed by atoms with Crippen molar-refractivity contribution in [3.8, 4) is 17.1 Å². The predicted octanol–water partition coefficient (Wildman–Crippen LogP) is 7.02. The fourth-order valence-electron chi connectivity index (χ4n) is 4.28. The highest BCUT2D eigenvalue weighted by atomic mass is 19.4. The molecule has 0 radical (unpaired) electrons. The maximum Gasteiger partial charge on any atom is 0.433 e. The molecule has 1 aliphatic heterocycles. The van der Waals surface area contributed by atoms with Crippen LogP contribution in [0, 0.1) is 13.8 Å². The molecular weight excluding hydrogens is 505 g/mol. The molecule has 208 valence electrons. The van der Waals surface area contributed by atoms with Crippen LogP contribution in [0.4, 0.5) is 13.2 Å². The first kappa shape index (κ1) is 29.8. The molecule has 2 aromatic heterocycles. The molecule has 0 unspecified atom stereocenters. The van der Waals surface area contributed by atoms with Gasteiger partial charge in [0.25, 0.3) is 0 Å². The van der Waals surface area contributed by atoms with Crippen molar-refractivity contribution in [2.24, 2.45) is 7.05 Å². The van der Waals surface area contributed by atoms with Gasteiger partial charge in [0.2, 0.25) is 0 Å². The zero-order chi connectivity index (χ0) is 28.6. The lowest BCUT2D eigenvalue weighted by molar-refractivity contribution is -0.141. The summed E-state index contributed by atoms with van der Waals surface area (Å²) in [6.07, 6.45) is 1.19. The maximum absolute atomic E-state index is 12.2. The van der Waals surface area contributed by atoms with E-state index in [0.29, 0.717) is 0 Å². The van der Waals surface area contributed by atoms with E-state index in [1.807, 2.05) is 54.9 Å². The second-order valence-electron chi connectivity index (χ2n) is 9.55. The fraction of sp³-hybridized carbons (Fsp3) is 0.367. The number of pyridine rings is 1. The Balaban J connectivity index is 0.000000177. The van der Waals surface area contributed by atoms with Gasteiger partial charge in [0.1, 0.15) is 17.3 Å². The van der Waals surface area contributed by atoms with Crippen LogP contribution in [0.3, 0.4) is 0 Å². The van der Waals surface area contributed by atoms with Gasteiger partial charge in [-0.2, -0.15) is 13.2 Å². The van der Waals surface area contributed by atoms with E-state index in [4.69, 9.17) is 0 Å². The Hall–Kier alpha value is -3.72. The summed E-state index contributed by atoms with van der Waals surface area (Å²) in [6.45, 7) is 7.18. The molecule has 4 aromatic rings. The molecule has 0 atom stereocenters. The van der Waals surface area contributed by atoms with Gasteiger partial charge in [0.05, 0.1) is 16.6 Å². The van der Waals surface area contributed by atoms with Crippen molar-refractivity contribution < 1.29 is 23.1 Å². The van der Waals surface area contributed by atoms with Gasteiger partial charge in [-0.05, 0) is 83.1 Å².